The Morgan fingerprint density at radius 1 is 1.31 bits per heavy atom. The van der Waals surface area contributed by atoms with Gasteiger partial charge in [-0.05, 0) is 24.5 Å². The number of Topliss-reactive ketones (excluding diaryl/α,β-unsaturated/α-hetero) is 1. The number of hydrogen-bond acceptors (Lipinski definition) is 5. The van der Waals surface area contributed by atoms with Gasteiger partial charge in [-0.2, -0.15) is 10.4 Å². The van der Waals surface area contributed by atoms with Gasteiger partial charge in [-0.15, -0.1) is 0 Å². The van der Waals surface area contributed by atoms with Crippen LogP contribution >= 0.6 is 11.6 Å². The highest BCUT2D eigenvalue weighted by atomic mass is 35.5. The van der Waals surface area contributed by atoms with Gasteiger partial charge in [0.1, 0.15) is 16.8 Å². The lowest BCUT2D eigenvalue weighted by Crippen LogP contribution is -2.38. The molecule has 0 bridgehead atoms. The van der Waals surface area contributed by atoms with Crippen LogP contribution in [0.3, 0.4) is 0 Å². The van der Waals surface area contributed by atoms with Crippen molar-refractivity contribution in [2.45, 2.75) is 39.5 Å². The molecule has 7 heteroatoms. The Labute approximate surface area is 174 Å². The normalized spacial score (nSPS) is 23.4. The predicted molar refractivity (Wildman–Crippen MR) is 109 cm³/mol. The summed E-state index contributed by atoms with van der Waals surface area (Å²) in [5.41, 5.74) is 2.23. The van der Waals surface area contributed by atoms with Gasteiger partial charge in [0, 0.05) is 29.9 Å². The van der Waals surface area contributed by atoms with Gasteiger partial charge < -0.3 is 4.74 Å². The number of halogens is 1. The zero-order chi connectivity index (χ0) is 20.9. The number of allylic oxidation sites excluding steroid dienone is 2. The Morgan fingerprint density at radius 2 is 2.00 bits per heavy atom. The summed E-state index contributed by atoms with van der Waals surface area (Å²) in [6.45, 7) is 5.81. The first kappa shape index (κ1) is 19.4. The first-order chi connectivity index (χ1) is 13.7. The number of aryl methyl sites for hydroxylation is 1. The molecule has 2 aromatic rings. The first-order valence-corrected chi connectivity index (χ1v) is 9.84. The molecule has 2 aliphatic rings. The van der Waals surface area contributed by atoms with E-state index in [0.717, 1.165) is 5.69 Å². The summed E-state index contributed by atoms with van der Waals surface area (Å²) in [4.78, 5) is 13.1. The summed E-state index contributed by atoms with van der Waals surface area (Å²) in [5.74, 6) is -1.31. The molecule has 6 nitrogen and oxygen atoms in total. The van der Waals surface area contributed by atoms with Crippen molar-refractivity contribution in [2.75, 3.05) is 0 Å². The molecule has 0 amide bonds. The van der Waals surface area contributed by atoms with Crippen LogP contribution in [-0.4, -0.2) is 21.5 Å². The van der Waals surface area contributed by atoms with Crippen LogP contribution in [0.1, 0.15) is 43.9 Å². The van der Waals surface area contributed by atoms with E-state index >= 15 is 0 Å². The summed E-state index contributed by atoms with van der Waals surface area (Å²) in [7, 11) is 0. The number of hydrogen-bond donors (Lipinski definition) is 1. The smallest absolute Gasteiger partial charge is 0.205 e. The number of benzene rings is 1. The van der Waals surface area contributed by atoms with E-state index in [1.54, 1.807) is 4.68 Å². The minimum Gasteiger partial charge on any atom is -0.446 e. The van der Waals surface area contributed by atoms with Crippen molar-refractivity contribution in [2.24, 2.45) is 11.3 Å². The van der Waals surface area contributed by atoms with Gasteiger partial charge in [0.25, 0.3) is 0 Å². The average Bonchev–Trinajstić information content (AvgIpc) is 2.94. The van der Waals surface area contributed by atoms with E-state index in [1.807, 2.05) is 51.1 Å². The third-order valence-corrected chi connectivity index (χ3v) is 5.90. The molecule has 1 aliphatic heterocycles. The van der Waals surface area contributed by atoms with Gasteiger partial charge in [0.15, 0.2) is 5.78 Å². The number of ketones is 1. The maximum Gasteiger partial charge on any atom is 0.205 e. The molecule has 2 heterocycles. The molecule has 2 unspecified atom stereocenters. The van der Waals surface area contributed by atoms with Crippen LogP contribution < -0.4 is 0 Å². The van der Waals surface area contributed by atoms with Crippen LogP contribution in [0.4, 0.5) is 0 Å². The standard InChI is InChI=1S/C22H21ClN4O2/c1-12-17(20(23)27(26-12)13-7-5-4-6-8-13)18-14(11-24)21(25)29-16-10-22(2,3)9-15(28)19(16)18/h4-8,14,18,25H,9-10H2,1-3H3. The monoisotopic (exact) mass is 408 g/mol. The lowest BCUT2D eigenvalue weighted by Gasteiger charge is -2.39. The summed E-state index contributed by atoms with van der Waals surface area (Å²) in [5, 5.41) is 23.0. The Kier molecular flexibility index (Phi) is 4.59. The molecule has 2 atom stereocenters. The molecule has 0 saturated carbocycles. The Bertz CT molecular complexity index is 1090. The van der Waals surface area contributed by atoms with E-state index in [1.165, 1.54) is 0 Å². The minimum atomic E-state index is -0.927. The third kappa shape index (κ3) is 3.16. The molecular formula is C22H21ClN4O2. The van der Waals surface area contributed by atoms with Gasteiger partial charge in [0.2, 0.25) is 5.90 Å². The van der Waals surface area contributed by atoms with Crippen LogP contribution in [0.5, 0.6) is 0 Å². The van der Waals surface area contributed by atoms with Crippen molar-refractivity contribution >= 4 is 23.3 Å². The molecule has 1 N–H and O–H groups in total. The fourth-order valence-corrected chi connectivity index (χ4v) is 4.67. The van der Waals surface area contributed by atoms with Crippen molar-refractivity contribution in [1.29, 1.82) is 10.7 Å². The van der Waals surface area contributed by atoms with E-state index in [2.05, 4.69) is 11.2 Å². The first-order valence-electron chi connectivity index (χ1n) is 9.46. The topological polar surface area (TPSA) is 91.8 Å². The zero-order valence-electron chi connectivity index (χ0n) is 16.5. The Balaban J connectivity index is 1.93. The summed E-state index contributed by atoms with van der Waals surface area (Å²) in [6, 6.07) is 11.6. The highest BCUT2D eigenvalue weighted by molar-refractivity contribution is 6.31. The molecule has 0 radical (unpaired) electrons. The van der Waals surface area contributed by atoms with Gasteiger partial charge in [-0.25, -0.2) is 4.68 Å². The van der Waals surface area contributed by atoms with Crippen LogP contribution in [0.25, 0.3) is 5.69 Å². The second kappa shape index (κ2) is 6.85. The minimum absolute atomic E-state index is 0.0584. The van der Waals surface area contributed by atoms with Crippen LogP contribution in [-0.2, 0) is 9.53 Å². The number of para-hydroxylation sites is 1. The molecule has 0 spiro atoms. The fraction of sp³-hybridized carbons (Fsp3) is 0.364. The number of aromatic nitrogens is 2. The van der Waals surface area contributed by atoms with Crippen molar-refractivity contribution in [3.8, 4) is 11.8 Å². The third-order valence-electron chi connectivity index (χ3n) is 5.54. The summed E-state index contributed by atoms with van der Waals surface area (Å²) >= 11 is 6.75. The largest absolute Gasteiger partial charge is 0.446 e. The number of carbonyl (C=O) groups is 1. The molecule has 4 rings (SSSR count). The molecule has 0 fully saturated rings. The van der Waals surface area contributed by atoms with Crippen LogP contribution in [0, 0.1) is 35.0 Å². The second-order valence-electron chi connectivity index (χ2n) is 8.37. The number of carbonyl (C=O) groups excluding carboxylic acids is 1. The molecule has 29 heavy (non-hydrogen) atoms. The molecule has 0 saturated heterocycles. The van der Waals surface area contributed by atoms with Crippen LogP contribution in [0.15, 0.2) is 41.7 Å². The highest BCUT2D eigenvalue weighted by Gasteiger charge is 2.48. The van der Waals surface area contributed by atoms with E-state index in [-0.39, 0.29) is 17.1 Å². The van der Waals surface area contributed by atoms with Crippen molar-refractivity contribution in [1.82, 2.24) is 9.78 Å². The summed E-state index contributed by atoms with van der Waals surface area (Å²) in [6.07, 6.45) is 0.898. The van der Waals surface area contributed by atoms with E-state index < -0.39 is 11.8 Å². The lowest BCUT2D eigenvalue weighted by molar-refractivity contribution is -0.119. The van der Waals surface area contributed by atoms with Gasteiger partial charge in [-0.3, -0.25) is 10.2 Å². The summed E-state index contributed by atoms with van der Waals surface area (Å²) < 4.78 is 7.28. The van der Waals surface area contributed by atoms with E-state index in [4.69, 9.17) is 21.7 Å². The van der Waals surface area contributed by atoms with Gasteiger partial charge >= 0.3 is 0 Å². The SMILES string of the molecule is Cc1nn(-c2ccccc2)c(Cl)c1C1C2=C(CC(C)(C)CC2=O)OC(=N)C1C#N. The van der Waals surface area contributed by atoms with E-state index in [0.29, 0.717) is 40.6 Å². The Hall–Kier alpha value is -2.91. The van der Waals surface area contributed by atoms with Crippen LogP contribution in [0.2, 0.25) is 5.15 Å². The number of ether oxygens (including phenoxy) is 1. The molecule has 1 aromatic carbocycles. The number of rotatable bonds is 2. The van der Waals surface area contributed by atoms with Gasteiger partial charge in [-0.1, -0.05) is 43.6 Å². The predicted octanol–water partition coefficient (Wildman–Crippen LogP) is 4.71. The van der Waals surface area contributed by atoms with Gasteiger partial charge in [0.05, 0.1) is 17.5 Å². The second-order valence-corrected chi connectivity index (χ2v) is 8.72. The number of nitrogens with zero attached hydrogens (tertiary/aromatic N) is 3. The van der Waals surface area contributed by atoms with Crippen molar-refractivity contribution in [3.63, 3.8) is 0 Å². The molecule has 1 aromatic heterocycles. The van der Waals surface area contributed by atoms with Crippen molar-refractivity contribution in [3.05, 3.63) is 58.1 Å². The molecule has 1 aliphatic carbocycles. The lowest BCUT2D eigenvalue weighted by atomic mass is 9.68. The average molecular weight is 409 g/mol. The fourth-order valence-electron chi connectivity index (χ4n) is 4.28. The quantitative estimate of drug-likeness (QED) is 0.778. The maximum atomic E-state index is 13.1. The maximum absolute atomic E-state index is 13.1. The molecular weight excluding hydrogens is 388 g/mol. The molecule has 148 valence electrons. The van der Waals surface area contributed by atoms with Crippen molar-refractivity contribution < 1.29 is 9.53 Å². The zero-order valence-corrected chi connectivity index (χ0v) is 17.2. The number of nitrogens with one attached hydrogen (secondary N) is 1. The Morgan fingerprint density at radius 3 is 2.66 bits per heavy atom. The number of nitriles is 1. The highest BCUT2D eigenvalue weighted by Crippen LogP contribution is 2.49. The van der Waals surface area contributed by atoms with E-state index in [9.17, 15) is 10.1 Å².